The number of rotatable bonds is 5. The number of nitrogens with one attached hydrogen (secondary N) is 1. The molecule has 0 amide bonds. The van der Waals surface area contributed by atoms with Crippen molar-refractivity contribution in [3.63, 3.8) is 0 Å². The molecule has 1 aliphatic heterocycles. The minimum absolute atomic E-state index is 0.145. The Labute approximate surface area is 115 Å². The van der Waals surface area contributed by atoms with Crippen LogP contribution in [0.25, 0.3) is 0 Å². The SMILES string of the molecule is CC1(CN(Cc2ccc(F)cc2)C2CC2)CCNC1. The molecule has 1 aliphatic carbocycles. The standard InChI is InChI=1S/C16H23FN2/c1-16(8-9-18-11-16)12-19(15-6-7-15)10-13-2-4-14(17)5-3-13/h2-5,15,18H,6-12H2,1H3. The molecule has 1 aromatic carbocycles. The summed E-state index contributed by atoms with van der Waals surface area (Å²) < 4.78 is 13.0. The maximum Gasteiger partial charge on any atom is 0.123 e. The third-order valence-electron chi connectivity index (χ3n) is 4.40. The smallest absolute Gasteiger partial charge is 0.123 e. The zero-order valence-corrected chi connectivity index (χ0v) is 11.7. The van der Waals surface area contributed by atoms with Gasteiger partial charge in [-0.1, -0.05) is 19.1 Å². The number of nitrogens with zero attached hydrogens (tertiary/aromatic N) is 1. The maximum atomic E-state index is 13.0. The highest BCUT2D eigenvalue weighted by atomic mass is 19.1. The van der Waals surface area contributed by atoms with Crippen LogP contribution in [0.4, 0.5) is 4.39 Å². The Morgan fingerprint density at radius 2 is 2.05 bits per heavy atom. The van der Waals surface area contributed by atoms with E-state index in [1.165, 1.54) is 24.8 Å². The lowest BCUT2D eigenvalue weighted by atomic mass is 9.89. The fourth-order valence-corrected chi connectivity index (χ4v) is 3.07. The maximum absolute atomic E-state index is 13.0. The van der Waals surface area contributed by atoms with E-state index in [4.69, 9.17) is 0 Å². The normalized spacial score (nSPS) is 27.1. The summed E-state index contributed by atoms with van der Waals surface area (Å²) in [5, 5.41) is 3.47. The van der Waals surface area contributed by atoms with Gasteiger partial charge in [-0.05, 0) is 48.9 Å². The third-order valence-corrected chi connectivity index (χ3v) is 4.40. The van der Waals surface area contributed by atoms with Crippen molar-refractivity contribution < 1.29 is 4.39 Å². The van der Waals surface area contributed by atoms with Crippen molar-refractivity contribution in [2.24, 2.45) is 5.41 Å². The largest absolute Gasteiger partial charge is 0.316 e. The Bertz CT molecular complexity index is 419. The lowest BCUT2D eigenvalue weighted by Crippen LogP contribution is -2.38. The molecule has 19 heavy (non-hydrogen) atoms. The Balaban J connectivity index is 1.65. The Kier molecular flexibility index (Phi) is 3.59. The van der Waals surface area contributed by atoms with Crippen molar-refractivity contribution >= 4 is 0 Å². The number of benzene rings is 1. The van der Waals surface area contributed by atoms with Gasteiger partial charge >= 0.3 is 0 Å². The molecule has 3 heteroatoms. The zero-order valence-electron chi connectivity index (χ0n) is 11.7. The lowest BCUT2D eigenvalue weighted by Gasteiger charge is -2.32. The molecule has 1 aromatic rings. The average Bonchev–Trinajstić information content (AvgIpc) is 3.15. The summed E-state index contributed by atoms with van der Waals surface area (Å²) >= 11 is 0. The van der Waals surface area contributed by atoms with Crippen LogP contribution in [0.5, 0.6) is 0 Å². The first-order valence-electron chi connectivity index (χ1n) is 7.34. The van der Waals surface area contributed by atoms with E-state index in [1.54, 1.807) is 12.1 Å². The predicted octanol–water partition coefficient (Wildman–Crippen LogP) is 2.79. The minimum atomic E-state index is -0.145. The number of halogens is 1. The number of hydrogen-bond donors (Lipinski definition) is 1. The first kappa shape index (κ1) is 13.1. The van der Waals surface area contributed by atoms with Crippen LogP contribution < -0.4 is 5.32 Å². The van der Waals surface area contributed by atoms with Crippen LogP contribution in [-0.4, -0.2) is 30.6 Å². The molecular weight excluding hydrogens is 239 g/mol. The topological polar surface area (TPSA) is 15.3 Å². The summed E-state index contributed by atoms with van der Waals surface area (Å²) in [6.45, 7) is 6.76. The summed E-state index contributed by atoms with van der Waals surface area (Å²) in [6, 6.07) is 7.72. The highest BCUT2D eigenvalue weighted by Crippen LogP contribution is 2.34. The Morgan fingerprint density at radius 3 is 2.63 bits per heavy atom. The highest BCUT2D eigenvalue weighted by Gasteiger charge is 2.36. The van der Waals surface area contributed by atoms with Crippen molar-refractivity contribution in [3.8, 4) is 0 Å². The van der Waals surface area contributed by atoms with Crippen LogP contribution in [0.1, 0.15) is 31.7 Å². The fourth-order valence-electron chi connectivity index (χ4n) is 3.07. The van der Waals surface area contributed by atoms with Gasteiger partial charge in [0.2, 0.25) is 0 Å². The predicted molar refractivity (Wildman–Crippen MR) is 75.4 cm³/mol. The summed E-state index contributed by atoms with van der Waals surface area (Å²) in [5.41, 5.74) is 1.63. The molecule has 1 N–H and O–H groups in total. The molecule has 104 valence electrons. The van der Waals surface area contributed by atoms with Crippen molar-refractivity contribution in [3.05, 3.63) is 35.6 Å². The van der Waals surface area contributed by atoms with E-state index in [0.29, 0.717) is 5.41 Å². The van der Waals surface area contributed by atoms with Crippen LogP contribution in [0.3, 0.4) is 0 Å². The molecule has 0 bridgehead atoms. The fraction of sp³-hybridized carbons (Fsp3) is 0.625. The van der Waals surface area contributed by atoms with Gasteiger partial charge in [0.05, 0.1) is 0 Å². The summed E-state index contributed by atoms with van der Waals surface area (Å²) in [4.78, 5) is 2.60. The lowest BCUT2D eigenvalue weighted by molar-refractivity contribution is 0.162. The van der Waals surface area contributed by atoms with Gasteiger partial charge in [0, 0.05) is 25.7 Å². The minimum Gasteiger partial charge on any atom is -0.316 e. The second-order valence-electron chi connectivity index (χ2n) is 6.50. The van der Waals surface area contributed by atoms with Crippen molar-refractivity contribution in [1.29, 1.82) is 0 Å². The monoisotopic (exact) mass is 262 g/mol. The first-order valence-corrected chi connectivity index (χ1v) is 7.34. The number of hydrogen-bond acceptors (Lipinski definition) is 2. The van der Waals surface area contributed by atoms with E-state index in [1.807, 2.05) is 12.1 Å². The van der Waals surface area contributed by atoms with Gasteiger partial charge < -0.3 is 5.32 Å². The zero-order chi connectivity index (χ0) is 13.3. The Hall–Kier alpha value is -0.930. The van der Waals surface area contributed by atoms with Crippen LogP contribution in [0.15, 0.2) is 24.3 Å². The van der Waals surface area contributed by atoms with Gasteiger partial charge in [-0.2, -0.15) is 0 Å². The third kappa shape index (κ3) is 3.34. The highest BCUT2D eigenvalue weighted by molar-refractivity contribution is 5.16. The van der Waals surface area contributed by atoms with E-state index in [0.717, 1.165) is 32.2 Å². The van der Waals surface area contributed by atoms with Crippen molar-refractivity contribution in [2.75, 3.05) is 19.6 Å². The molecule has 0 aromatic heterocycles. The molecule has 1 unspecified atom stereocenters. The van der Waals surface area contributed by atoms with E-state index in [-0.39, 0.29) is 5.82 Å². The van der Waals surface area contributed by atoms with Crippen LogP contribution in [0.2, 0.25) is 0 Å². The van der Waals surface area contributed by atoms with Crippen LogP contribution in [-0.2, 0) is 6.54 Å². The molecular formula is C16H23FN2. The van der Waals surface area contributed by atoms with E-state index in [9.17, 15) is 4.39 Å². The molecule has 1 saturated carbocycles. The molecule has 2 aliphatic rings. The molecule has 2 fully saturated rings. The van der Waals surface area contributed by atoms with Gasteiger partial charge in [0.15, 0.2) is 0 Å². The van der Waals surface area contributed by atoms with E-state index < -0.39 is 0 Å². The average molecular weight is 262 g/mol. The first-order chi connectivity index (χ1) is 9.15. The summed E-state index contributed by atoms with van der Waals surface area (Å²) in [7, 11) is 0. The second kappa shape index (κ2) is 5.22. The molecule has 2 nitrogen and oxygen atoms in total. The van der Waals surface area contributed by atoms with Gasteiger partial charge in [-0.15, -0.1) is 0 Å². The molecule has 0 spiro atoms. The quantitative estimate of drug-likeness (QED) is 0.878. The van der Waals surface area contributed by atoms with E-state index in [2.05, 4.69) is 17.1 Å². The Morgan fingerprint density at radius 1 is 1.32 bits per heavy atom. The molecule has 3 rings (SSSR count). The van der Waals surface area contributed by atoms with Crippen molar-refractivity contribution in [2.45, 2.75) is 38.8 Å². The van der Waals surface area contributed by atoms with Gasteiger partial charge in [0.1, 0.15) is 5.82 Å². The molecule has 0 radical (unpaired) electrons. The van der Waals surface area contributed by atoms with Gasteiger partial charge in [0.25, 0.3) is 0 Å². The van der Waals surface area contributed by atoms with Crippen LogP contribution in [0, 0.1) is 11.2 Å². The molecule has 1 atom stereocenters. The van der Waals surface area contributed by atoms with Crippen LogP contribution >= 0.6 is 0 Å². The summed E-state index contributed by atoms with van der Waals surface area (Å²) in [5.74, 6) is -0.145. The molecule has 1 heterocycles. The molecule has 1 saturated heterocycles. The summed E-state index contributed by atoms with van der Waals surface area (Å²) in [6.07, 6.45) is 3.91. The van der Waals surface area contributed by atoms with Gasteiger partial charge in [-0.3, -0.25) is 4.90 Å². The van der Waals surface area contributed by atoms with E-state index >= 15 is 0 Å². The second-order valence-corrected chi connectivity index (χ2v) is 6.50. The van der Waals surface area contributed by atoms with Gasteiger partial charge in [-0.25, -0.2) is 4.39 Å². The van der Waals surface area contributed by atoms with Crippen molar-refractivity contribution in [1.82, 2.24) is 10.2 Å².